The number of aliphatic carboxylic acids is 1. The Hall–Kier alpha value is -3.28. The number of Topliss-reactive ketones (excluding diaryl/α,β-unsaturated/α-hetero) is 1. The number of hydrogen-bond donors (Lipinski definition) is 2. The summed E-state index contributed by atoms with van der Waals surface area (Å²) in [4.78, 5) is 35.2. The standard InChI is InChI=1S/C18H16N2O4/c1-12-7-9-14(10-8-12)17(22)20-19-15(18(23)24)11-16(21)13-5-3-2-4-6-13/h2-10H,11H2,1H3,(H,20,22)(H,23,24). The molecule has 6 nitrogen and oxygen atoms in total. The Labute approximate surface area is 138 Å². The predicted molar refractivity (Wildman–Crippen MR) is 89.1 cm³/mol. The molecule has 2 aromatic carbocycles. The normalized spacial score (nSPS) is 11.0. The minimum absolute atomic E-state index is 0.350. The highest BCUT2D eigenvalue weighted by Gasteiger charge is 2.17. The van der Waals surface area contributed by atoms with Gasteiger partial charge in [-0.15, -0.1) is 0 Å². The van der Waals surface area contributed by atoms with E-state index >= 15 is 0 Å². The number of hydrogen-bond acceptors (Lipinski definition) is 4. The number of benzene rings is 2. The number of nitrogens with zero attached hydrogens (tertiary/aromatic N) is 1. The van der Waals surface area contributed by atoms with Crippen LogP contribution in [0.15, 0.2) is 59.7 Å². The quantitative estimate of drug-likeness (QED) is 0.484. The van der Waals surface area contributed by atoms with Crippen LogP contribution in [0.4, 0.5) is 0 Å². The highest BCUT2D eigenvalue weighted by molar-refractivity contribution is 6.40. The van der Waals surface area contributed by atoms with Crippen LogP contribution in [0, 0.1) is 6.92 Å². The number of hydrazone groups is 1. The van der Waals surface area contributed by atoms with E-state index in [1.54, 1.807) is 54.6 Å². The molecule has 2 rings (SSSR count). The number of carboxylic acid groups (broad SMARTS) is 1. The summed E-state index contributed by atoms with van der Waals surface area (Å²) in [6, 6.07) is 15.0. The average Bonchev–Trinajstić information content (AvgIpc) is 2.59. The third-order valence-corrected chi connectivity index (χ3v) is 3.28. The van der Waals surface area contributed by atoms with E-state index in [9.17, 15) is 14.4 Å². The van der Waals surface area contributed by atoms with Gasteiger partial charge in [0.25, 0.3) is 5.91 Å². The SMILES string of the molecule is Cc1ccc(C(=O)NN=C(CC(=O)c2ccccc2)C(=O)O)cc1. The van der Waals surface area contributed by atoms with Gasteiger partial charge in [0.05, 0.1) is 6.42 Å². The molecule has 0 saturated carbocycles. The first-order valence-corrected chi connectivity index (χ1v) is 7.22. The number of amides is 1. The van der Waals surface area contributed by atoms with Crippen molar-refractivity contribution in [3.63, 3.8) is 0 Å². The predicted octanol–water partition coefficient (Wildman–Crippen LogP) is 2.44. The van der Waals surface area contributed by atoms with Crippen LogP contribution >= 0.6 is 0 Å². The summed E-state index contributed by atoms with van der Waals surface area (Å²) >= 11 is 0. The first kappa shape index (κ1) is 17.1. The lowest BCUT2D eigenvalue weighted by molar-refractivity contribution is -0.129. The Morgan fingerprint density at radius 1 is 0.958 bits per heavy atom. The van der Waals surface area contributed by atoms with Crippen molar-refractivity contribution in [2.45, 2.75) is 13.3 Å². The fraction of sp³-hybridized carbons (Fsp3) is 0.111. The largest absolute Gasteiger partial charge is 0.477 e. The topological polar surface area (TPSA) is 95.8 Å². The van der Waals surface area contributed by atoms with Crippen LogP contribution in [0.3, 0.4) is 0 Å². The van der Waals surface area contributed by atoms with Gasteiger partial charge >= 0.3 is 5.97 Å². The van der Waals surface area contributed by atoms with Crippen LogP contribution in [-0.4, -0.2) is 28.5 Å². The third-order valence-electron chi connectivity index (χ3n) is 3.28. The van der Waals surface area contributed by atoms with E-state index in [-0.39, 0.29) is 5.78 Å². The Balaban J connectivity index is 2.08. The smallest absolute Gasteiger partial charge is 0.352 e. The molecule has 2 N–H and O–H groups in total. The number of aryl methyl sites for hydroxylation is 1. The van der Waals surface area contributed by atoms with Crippen molar-refractivity contribution in [2.75, 3.05) is 0 Å². The Kier molecular flexibility index (Phi) is 5.57. The lowest BCUT2D eigenvalue weighted by Gasteiger charge is -2.04. The summed E-state index contributed by atoms with van der Waals surface area (Å²) in [5.41, 5.74) is 3.48. The van der Waals surface area contributed by atoms with Crippen LogP contribution in [0.5, 0.6) is 0 Å². The average molecular weight is 324 g/mol. The number of carboxylic acids is 1. The van der Waals surface area contributed by atoms with Gasteiger partial charge in [0.15, 0.2) is 11.5 Å². The minimum Gasteiger partial charge on any atom is -0.477 e. The van der Waals surface area contributed by atoms with Gasteiger partial charge in [0.2, 0.25) is 0 Å². The minimum atomic E-state index is -1.36. The first-order chi connectivity index (χ1) is 11.5. The van der Waals surface area contributed by atoms with Crippen LogP contribution < -0.4 is 5.43 Å². The molecule has 0 unspecified atom stereocenters. The van der Waals surface area contributed by atoms with Gasteiger partial charge in [-0.05, 0) is 19.1 Å². The lowest BCUT2D eigenvalue weighted by Crippen LogP contribution is -2.25. The highest BCUT2D eigenvalue weighted by Crippen LogP contribution is 2.05. The summed E-state index contributed by atoms with van der Waals surface area (Å²) in [6.07, 6.45) is -0.409. The van der Waals surface area contributed by atoms with E-state index in [0.717, 1.165) is 5.56 Å². The summed E-state index contributed by atoms with van der Waals surface area (Å²) < 4.78 is 0. The van der Waals surface area contributed by atoms with Gasteiger partial charge in [0, 0.05) is 11.1 Å². The van der Waals surface area contributed by atoms with Crippen molar-refractivity contribution in [3.05, 3.63) is 71.3 Å². The van der Waals surface area contributed by atoms with E-state index in [4.69, 9.17) is 5.11 Å². The Bertz CT molecular complexity index is 780. The highest BCUT2D eigenvalue weighted by atomic mass is 16.4. The lowest BCUT2D eigenvalue weighted by atomic mass is 10.1. The zero-order valence-corrected chi connectivity index (χ0v) is 13.0. The molecule has 0 atom stereocenters. The zero-order chi connectivity index (χ0) is 17.5. The molecule has 0 saturated heterocycles. The van der Waals surface area contributed by atoms with Crippen molar-refractivity contribution in [1.29, 1.82) is 0 Å². The van der Waals surface area contributed by atoms with Gasteiger partial charge in [0.1, 0.15) is 0 Å². The molecule has 0 heterocycles. The van der Waals surface area contributed by atoms with Gasteiger partial charge in [-0.2, -0.15) is 5.10 Å². The molecular weight excluding hydrogens is 308 g/mol. The van der Waals surface area contributed by atoms with Crippen LogP contribution in [0.25, 0.3) is 0 Å². The summed E-state index contributed by atoms with van der Waals surface area (Å²) in [5, 5.41) is 12.7. The van der Waals surface area contributed by atoms with E-state index in [2.05, 4.69) is 10.5 Å². The van der Waals surface area contributed by atoms with Crippen molar-refractivity contribution in [3.8, 4) is 0 Å². The van der Waals surface area contributed by atoms with E-state index < -0.39 is 24.0 Å². The number of ketones is 1. The molecule has 2 aromatic rings. The van der Waals surface area contributed by atoms with Crippen molar-refractivity contribution in [2.24, 2.45) is 5.10 Å². The van der Waals surface area contributed by atoms with Gasteiger partial charge in [-0.3, -0.25) is 9.59 Å². The molecule has 0 fully saturated rings. The summed E-state index contributed by atoms with van der Waals surface area (Å²) in [6.45, 7) is 1.89. The maximum atomic E-state index is 12.1. The molecule has 1 amide bonds. The fourth-order valence-corrected chi connectivity index (χ4v) is 1.93. The Morgan fingerprint density at radius 2 is 1.58 bits per heavy atom. The molecule has 0 bridgehead atoms. The number of carbonyl (C=O) groups is 3. The molecule has 0 spiro atoms. The zero-order valence-electron chi connectivity index (χ0n) is 13.0. The molecule has 0 aliphatic carbocycles. The van der Waals surface area contributed by atoms with E-state index in [1.165, 1.54) is 0 Å². The molecule has 24 heavy (non-hydrogen) atoms. The second-order valence-electron chi connectivity index (χ2n) is 5.14. The fourth-order valence-electron chi connectivity index (χ4n) is 1.93. The Morgan fingerprint density at radius 3 is 2.17 bits per heavy atom. The number of rotatable bonds is 6. The van der Waals surface area contributed by atoms with Crippen LogP contribution in [0.2, 0.25) is 0 Å². The summed E-state index contributed by atoms with van der Waals surface area (Å²) in [7, 11) is 0. The molecule has 6 heteroatoms. The molecule has 0 aromatic heterocycles. The van der Waals surface area contributed by atoms with Crippen LogP contribution in [-0.2, 0) is 4.79 Å². The van der Waals surface area contributed by atoms with Crippen molar-refractivity contribution < 1.29 is 19.5 Å². The van der Waals surface area contributed by atoms with Crippen molar-refractivity contribution in [1.82, 2.24) is 5.43 Å². The van der Waals surface area contributed by atoms with Crippen molar-refractivity contribution >= 4 is 23.4 Å². The maximum absolute atomic E-state index is 12.1. The van der Waals surface area contributed by atoms with Crippen LogP contribution in [0.1, 0.15) is 32.7 Å². The number of carbonyl (C=O) groups excluding carboxylic acids is 2. The number of nitrogens with one attached hydrogen (secondary N) is 1. The maximum Gasteiger partial charge on any atom is 0.352 e. The van der Waals surface area contributed by atoms with E-state index in [1.807, 2.05) is 6.92 Å². The molecule has 0 radical (unpaired) electrons. The first-order valence-electron chi connectivity index (χ1n) is 7.22. The second-order valence-corrected chi connectivity index (χ2v) is 5.14. The van der Waals surface area contributed by atoms with Gasteiger partial charge < -0.3 is 5.11 Å². The third kappa shape index (κ3) is 4.61. The molecule has 0 aliphatic rings. The molecule has 122 valence electrons. The van der Waals surface area contributed by atoms with Gasteiger partial charge in [-0.25, -0.2) is 10.2 Å². The molecular formula is C18H16N2O4. The van der Waals surface area contributed by atoms with E-state index in [0.29, 0.717) is 11.1 Å². The molecule has 0 aliphatic heterocycles. The second kappa shape index (κ2) is 7.82. The summed E-state index contributed by atoms with van der Waals surface area (Å²) in [5.74, 6) is -2.29. The van der Waals surface area contributed by atoms with Gasteiger partial charge in [-0.1, -0.05) is 48.0 Å². The monoisotopic (exact) mass is 324 g/mol.